The maximum absolute atomic E-state index is 11.8. The number of piperidine rings is 1. The number of likely N-dealkylation sites (tertiary alicyclic amines) is 1. The van der Waals surface area contributed by atoms with Gasteiger partial charge in [-0.2, -0.15) is 0 Å². The molecule has 96 valence electrons. The van der Waals surface area contributed by atoms with E-state index in [-0.39, 0.29) is 5.78 Å². The second-order valence-corrected chi connectivity index (χ2v) is 4.07. The van der Waals surface area contributed by atoms with Gasteiger partial charge in [-0.25, -0.2) is 4.79 Å². The number of amides is 1. The van der Waals surface area contributed by atoms with E-state index < -0.39 is 6.09 Å². The van der Waals surface area contributed by atoms with Crippen molar-refractivity contribution in [1.29, 1.82) is 0 Å². The van der Waals surface area contributed by atoms with Crippen molar-refractivity contribution in [2.45, 2.75) is 12.8 Å². The van der Waals surface area contributed by atoms with Crippen LogP contribution in [0.2, 0.25) is 0 Å². The average molecular weight is 249 g/mol. The second kappa shape index (κ2) is 5.53. The minimum absolute atomic E-state index is 0.198. The smallest absolute Gasteiger partial charge is 0.415 e. The lowest BCUT2D eigenvalue weighted by Crippen LogP contribution is -2.40. The summed E-state index contributed by atoms with van der Waals surface area (Å²) in [7, 11) is 1.58. The first-order valence-corrected chi connectivity index (χ1v) is 5.81. The number of ketones is 1. The van der Waals surface area contributed by atoms with Crippen LogP contribution in [0.4, 0.5) is 4.79 Å². The van der Waals surface area contributed by atoms with E-state index in [1.165, 1.54) is 0 Å². The van der Waals surface area contributed by atoms with E-state index in [9.17, 15) is 9.59 Å². The molecule has 1 aromatic carbocycles. The van der Waals surface area contributed by atoms with Crippen molar-refractivity contribution < 1.29 is 19.1 Å². The number of hydrogen-bond acceptors (Lipinski definition) is 4. The SMILES string of the molecule is COc1ccc(OC(=O)N2CCC(=O)CC2)cc1. The molecule has 1 aromatic rings. The highest BCUT2D eigenvalue weighted by Crippen LogP contribution is 2.18. The Balaban J connectivity index is 1.92. The number of rotatable bonds is 2. The van der Waals surface area contributed by atoms with Crippen LogP contribution in [0.1, 0.15) is 12.8 Å². The summed E-state index contributed by atoms with van der Waals surface area (Å²) in [6.07, 6.45) is 0.419. The van der Waals surface area contributed by atoms with Crippen LogP contribution in [0.15, 0.2) is 24.3 Å². The van der Waals surface area contributed by atoms with Gasteiger partial charge in [0.2, 0.25) is 0 Å². The molecule has 1 fully saturated rings. The van der Waals surface area contributed by atoms with Crippen molar-refractivity contribution in [3.05, 3.63) is 24.3 Å². The fourth-order valence-corrected chi connectivity index (χ4v) is 1.75. The minimum atomic E-state index is -0.410. The molecule has 1 amide bonds. The lowest BCUT2D eigenvalue weighted by atomic mass is 10.1. The van der Waals surface area contributed by atoms with E-state index in [0.29, 0.717) is 37.4 Å². The summed E-state index contributed by atoms with van der Waals surface area (Å²) >= 11 is 0. The maximum atomic E-state index is 11.8. The Morgan fingerprint density at radius 2 is 1.67 bits per heavy atom. The molecule has 0 spiro atoms. The Morgan fingerprint density at radius 1 is 1.11 bits per heavy atom. The molecular weight excluding hydrogens is 234 g/mol. The van der Waals surface area contributed by atoms with Crippen LogP contribution < -0.4 is 9.47 Å². The van der Waals surface area contributed by atoms with Gasteiger partial charge in [-0.3, -0.25) is 4.79 Å². The molecule has 0 atom stereocenters. The zero-order valence-corrected chi connectivity index (χ0v) is 10.2. The van der Waals surface area contributed by atoms with Crippen molar-refractivity contribution in [2.24, 2.45) is 0 Å². The third-order valence-corrected chi connectivity index (χ3v) is 2.84. The summed E-state index contributed by atoms with van der Waals surface area (Å²) in [5.74, 6) is 1.37. The normalized spacial score (nSPS) is 15.4. The van der Waals surface area contributed by atoms with Crippen LogP contribution in [0.5, 0.6) is 11.5 Å². The van der Waals surface area contributed by atoms with Crippen molar-refractivity contribution in [3.8, 4) is 11.5 Å². The van der Waals surface area contributed by atoms with Gasteiger partial charge < -0.3 is 14.4 Å². The van der Waals surface area contributed by atoms with E-state index in [1.54, 1.807) is 36.3 Å². The molecule has 18 heavy (non-hydrogen) atoms. The first-order valence-electron chi connectivity index (χ1n) is 5.81. The first kappa shape index (κ1) is 12.4. The lowest BCUT2D eigenvalue weighted by molar-refractivity contribution is -0.121. The van der Waals surface area contributed by atoms with Crippen molar-refractivity contribution in [2.75, 3.05) is 20.2 Å². The van der Waals surface area contributed by atoms with Crippen molar-refractivity contribution in [3.63, 3.8) is 0 Å². The van der Waals surface area contributed by atoms with E-state index in [1.807, 2.05) is 0 Å². The van der Waals surface area contributed by atoms with Gasteiger partial charge in [0.25, 0.3) is 0 Å². The molecule has 0 bridgehead atoms. The van der Waals surface area contributed by atoms with Crippen LogP contribution >= 0.6 is 0 Å². The van der Waals surface area contributed by atoms with Crippen molar-refractivity contribution >= 4 is 11.9 Å². The van der Waals surface area contributed by atoms with Crippen molar-refractivity contribution in [1.82, 2.24) is 4.90 Å². The maximum Gasteiger partial charge on any atom is 0.415 e. The predicted molar refractivity (Wildman–Crippen MR) is 64.8 cm³/mol. The van der Waals surface area contributed by atoms with E-state index in [2.05, 4.69) is 0 Å². The molecule has 5 heteroatoms. The van der Waals surface area contributed by atoms with Gasteiger partial charge in [0.15, 0.2) is 0 Å². The van der Waals surface area contributed by atoms with Crippen LogP contribution in [-0.2, 0) is 4.79 Å². The zero-order chi connectivity index (χ0) is 13.0. The molecule has 0 aliphatic carbocycles. The van der Waals surface area contributed by atoms with E-state index in [4.69, 9.17) is 9.47 Å². The number of Topliss-reactive ketones (excluding diaryl/α,β-unsaturated/α-hetero) is 1. The van der Waals surface area contributed by atoms with Gasteiger partial charge in [-0.05, 0) is 24.3 Å². The Kier molecular flexibility index (Phi) is 3.82. The number of carbonyl (C=O) groups is 2. The zero-order valence-electron chi connectivity index (χ0n) is 10.2. The largest absolute Gasteiger partial charge is 0.497 e. The van der Waals surface area contributed by atoms with E-state index >= 15 is 0 Å². The molecule has 0 radical (unpaired) electrons. The number of ether oxygens (including phenoxy) is 2. The monoisotopic (exact) mass is 249 g/mol. The van der Waals surface area contributed by atoms with Crippen LogP contribution in [0.25, 0.3) is 0 Å². The summed E-state index contributed by atoms with van der Waals surface area (Å²) in [6, 6.07) is 6.79. The summed E-state index contributed by atoms with van der Waals surface area (Å²) in [5.41, 5.74) is 0. The van der Waals surface area contributed by atoms with Gasteiger partial charge in [0, 0.05) is 25.9 Å². The molecule has 1 saturated heterocycles. The average Bonchev–Trinajstić information content (AvgIpc) is 2.40. The molecule has 0 aromatic heterocycles. The van der Waals surface area contributed by atoms with Gasteiger partial charge in [-0.1, -0.05) is 0 Å². The van der Waals surface area contributed by atoms with Gasteiger partial charge in [0.05, 0.1) is 7.11 Å². The summed E-state index contributed by atoms with van der Waals surface area (Å²) in [4.78, 5) is 24.4. The van der Waals surface area contributed by atoms with Gasteiger partial charge in [-0.15, -0.1) is 0 Å². The predicted octanol–water partition coefficient (Wildman–Crippen LogP) is 1.86. The second-order valence-electron chi connectivity index (χ2n) is 4.07. The Labute approximate surface area is 105 Å². The third kappa shape index (κ3) is 3.00. The highest BCUT2D eigenvalue weighted by Gasteiger charge is 2.22. The summed E-state index contributed by atoms with van der Waals surface area (Å²) in [6.45, 7) is 0.877. The van der Waals surface area contributed by atoms with E-state index in [0.717, 1.165) is 0 Å². The number of hydrogen-bond donors (Lipinski definition) is 0. The molecule has 1 heterocycles. The third-order valence-electron chi connectivity index (χ3n) is 2.84. The number of carbonyl (C=O) groups excluding carboxylic acids is 2. The minimum Gasteiger partial charge on any atom is -0.497 e. The fourth-order valence-electron chi connectivity index (χ4n) is 1.75. The highest BCUT2D eigenvalue weighted by molar-refractivity contribution is 5.81. The molecule has 0 saturated carbocycles. The summed E-state index contributed by atoms with van der Waals surface area (Å²) < 4.78 is 10.2. The first-order chi connectivity index (χ1) is 8.69. The molecule has 0 N–H and O–H groups in total. The standard InChI is InChI=1S/C13H15NO4/c1-17-11-2-4-12(5-3-11)18-13(16)14-8-6-10(15)7-9-14/h2-5H,6-9H2,1H3. The molecule has 5 nitrogen and oxygen atoms in total. The molecule has 1 aliphatic heterocycles. The fraction of sp³-hybridized carbons (Fsp3) is 0.385. The molecule has 2 rings (SSSR count). The number of nitrogens with zero attached hydrogens (tertiary/aromatic N) is 1. The van der Waals surface area contributed by atoms with Crippen LogP contribution in [0, 0.1) is 0 Å². The van der Waals surface area contributed by atoms with Gasteiger partial charge >= 0.3 is 6.09 Å². The highest BCUT2D eigenvalue weighted by atomic mass is 16.6. The summed E-state index contributed by atoms with van der Waals surface area (Å²) in [5, 5.41) is 0. The Bertz CT molecular complexity index is 431. The molecule has 0 unspecified atom stereocenters. The quantitative estimate of drug-likeness (QED) is 0.802. The Morgan fingerprint density at radius 3 is 2.22 bits per heavy atom. The molecule has 1 aliphatic rings. The number of methoxy groups -OCH3 is 1. The Hall–Kier alpha value is -2.04. The number of benzene rings is 1. The lowest BCUT2D eigenvalue weighted by Gasteiger charge is -2.25. The molecular formula is C13H15NO4. The van der Waals surface area contributed by atoms with Crippen LogP contribution in [0.3, 0.4) is 0 Å². The topological polar surface area (TPSA) is 55.8 Å². The van der Waals surface area contributed by atoms with Crippen LogP contribution in [-0.4, -0.2) is 37.0 Å². The van der Waals surface area contributed by atoms with Gasteiger partial charge in [0.1, 0.15) is 17.3 Å².